The Morgan fingerprint density at radius 1 is 0.383 bits per heavy atom. The van der Waals surface area contributed by atoms with Crippen LogP contribution in [0, 0.1) is 51.0 Å². The zero-order valence-corrected chi connectivity index (χ0v) is 78.1. The molecule has 0 amide bonds. The number of nitrogens with one attached hydrogen (secondary N) is 2. The zero-order chi connectivity index (χ0) is 96.5. The number of carbonyl (C=O) groups excluding carboxylic acids is 2. The van der Waals surface area contributed by atoms with Gasteiger partial charge in [-0.3, -0.25) is 9.59 Å². The Labute approximate surface area is 779 Å². The van der Waals surface area contributed by atoms with Gasteiger partial charge in [-0.15, -0.1) is 0 Å². The number of ether oxygens (including phenoxy) is 1. The average Bonchev–Trinajstić information content (AvgIpc) is 1.76. The third kappa shape index (κ3) is 24.5. The highest BCUT2D eigenvalue weighted by Gasteiger charge is 2.33. The molecule has 0 saturated carbocycles. The van der Waals surface area contributed by atoms with Gasteiger partial charge in [0.25, 0.3) is 0 Å². The van der Waals surface area contributed by atoms with E-state index < -0.39 is 64.8 Å². The second kappa shape index (κ2) is 43.7. The van der Waals surface area contributed by atoms with E-state index in [0.717, 1.165) is 112 Å². The largest absolute Gasteiger partial charge is 0.507 e. The Morgan fingerprint density at radius 3 is 1.39 bits per heavy atom. The van der Waals surface area contributed by atoms with E-state index in [1.165, 1.54) is 41.0 Å². The number of nitrogens with zero attached hydrogens (tertiary/aromatic N) is 2. The van der Waals surface area contributed by atoms with Crippen molar-refractivity contribution in [3.63, 3.8) is 0 Å². The molecule has 0 aromatic heterocycles. The number of phenolic OH excluding ortho intramolecular Hbond substituents is 2. The Hall–Kier alpha value is -14.2. The fourth-order valence-electron chi connectivity index (χ4n) is 14.6. The van der Waals surface area contributed by atoms with Crippen molar-refractivity contribution < 1.29 is 81.5 Å². The summed E-state index contributed by atoms with van der Waals surface area (Å²) in [4.78, 5) is 78.2. The molecule has 17 nitrogen and oxygen atoms in total. The summed E-state index contributed by atoms with van der Waals surface area (Å²) in [6.45, 7) is 29.3. The van der Waals surface area contributed by atoms with Crippen LogP contribution < -0.4 is 15.7 Å². The van der Waals surface area contributed by atoms with Crippen LogP contribution in [0.2, 0.25) is 0 Å². The van der Waals surface area contributed by atoms with Crippen molar-refractivity contribution in [3.8, 4) is 61.8 Å². The molecule has 7 N–H and O–H groups in total. The van der Waals surface area contributed by atoms with Crippen molar-refractivity contribution in [1.29, 1.82) is 0 Å². The van der Waals surface area contributed by atoms with Crippen LogP contribution in [-0.4, -0.2) is 73.8 Å². The summed E-state index contributed by atoms with van der Waals surface area (Å²) in [5.41, 5.74) is 23.3. The fraction of sp³-hybridized carbons (Fsp3) is 0.191. The number of ketones is 2. The maximum Gasteiger partial charge on any atom is 0.339 e. The zero-order valence-electron chi connectivity index (χ0n) is 76.5. The number of aromatic hydroxyl groups is 2. The smallest absolute Gasteiger partial charge is 0.339 e. The number of halogens is 4. The summed E-state index contributed by atoms with van der Waals surface area (Å²) >= 11 is 0. The van der Waals surface area contributed by atoms with Gasteiger partial charge < -0.3 is 30.3 Å². The van der Waals surface area contributed by atoms with Gasteiger partial charge in [0, 0.05) is 54.3 Å². The lowest BCUT2D eigenvalue weighted by Gasteiger charge is -2.24. The summed E-state index contributed by atoms with van der Waals surface area (Å²) < 4.78 is 56.7. The number of amidine groups is 2. The van der Waals surface area contributed by atoms with Crippen LogP contribution in [-0.2, 0) is 25.9 Å². The van der Waals surface area contributed by atoms with Crippen molar-refractivity contribution in [3.05, 3.63) is 397 Å². The number of rotatable bonds is 17. The first-order chi connectivity index (χ1) is 63.1. The summed E-state index contributed by atoms with van der Waals surface area (Å²) in [7, 11) is 4.45. The molecule has 16 rings (SSSR count). The van der Waals surface area contributed by atoms with Gasteiger partial charge in [0.2, 0.25) is 12.5 Å². The molecular formula is C110H104F4N4O13S2. The molecule has 23 heteroatoms. The number of aryl methyl sites for hydroxylation is 3. The number of methoxy groups -OCH3 is 1. The number of fused-ring (bicyclic) bond motifs is 1. The number of aromatic carboxylic acids is 3. The average molecular weight is 1830 g/mol. The molecule has 0 spiro atoms. The van der Waals surface area contributed by atoms with Gasteiger partial charge in [-0.25, -0.2) is 62.6 Å². The van der Waals surface area contributed by atoms with Gasteiger partial charge in [-0.1, -0.05) is 319 Å². The molecule has 14 aromatic carbocycles. The first kappa shape index (κ1) is 99.3. The monoisotopic (exact) mass is 1830 g/mol. The highest BCUT2D eigenvalue weighted by atomic mass is 33.1. The predicted octanol–water partition coefficient (Wildman–Crippen LogP) is 27.3. The Morgan fingerprint density at radius 2 is 0.827 bits per heavy atom. The van der Waals surface area contributed by atoms with E-state index in [1.54, 1.807) is 62.6 Å². The second-order valence-electron chi connectivity index (χ2n) is 34.7. The molecule has 0 saturated heterocycles. The molecule has 2 unspecified atom stereocenters. The molecule has 14 aromatic rings. The minimum atomic E-state index is -2.12. The van der Waals surface area contributed by atoms with Gasteiger partial charge >= 0.3 is 17.9 Å². The molecule has 0 radical (unpaired) electrons. The standard InChI is InChI=1S/C31H30N2O2.C26H28N2O2.C22H22O2.C15H12O3S2.C8H4F4O2.C8H8O2/c1-31(2,3)23-19-26(25-18-12-11-17-24(25)21-13-7-5-8-14-21)28(34-4)27(20-23)29-32-30(35-33-29)22-15-9-6-10-16-22;1-16-11-17(2)13-19(12-16)21-14-20(26(3,4)5)15-22(23(21)29)25-27-24(28-30-25)18-9-7-6-8-10-18;1-14(23)19-12-16(22(2,3)4)13-20(21(19)24)18-11-7-9-15-8-5-6-10-17(15)18;1-10(16)11-6-2-4-8-13(11)19-20-14-9-5-3-7-12(14)15(17)18;1-2-3(8(13)14)5(10)7(12)6(11)4(2)9;1-6-4-2-3-5-7(6)8(9)10/h5-20,30H,1-4H3,(H,32,33);6-15,25,29H,1-5H3,(H,27,28);5-13,24H,1-4H3;2-9H,1H3,(H,17,18);1H3,(H,13,14);2-5H,1H3,(H,9,10). The number of carboxylic acid groups (broad SMARTS) is 3. The molecule has 682 valence electrons. The summed E-state index contributed by atoms with van der Waals surface area (Å²) in [5.74, 6) is -9.14. The maximum atomic E-state index is 12.8. The summed E-state index contributed by atoms with van der Waals surface area (Å²) in [6.07, 6.45) is -1.03. The molecule has 2 aliphatic heterocycles. The van der Waals surface area contributed by atoms with Crippen LogP contribution in [0.15, 0.2) is 305 Å². The number of benzene rings is 14. The quantitative estimate of drug-likeness (QED) is 0.0147. The number of carboxylic acids is 3. The molecule has 2 heterocycles. The Bertz CT molecular complexity index is 6600. The lowest BCUT2D eigenvalue weighted by atomic mass is 9.82. The molecular weight excluding hydrogens is 1730 g/mol. The highest BCUT2D eigenvalue weighted by Crippen LogP contribution is 2.47. The van der Waals surface area contributed by atoms with E-state index in [2.05, 4.69) is 184 Å². The first-order valence-electron chi connectivity index (χ1n) is 42.6. The van der Waals surface area contributed by atoms with Gasteiger partial charge in [-0.2, -0.15) is 0 Å². The number of carbonyl (C=O) groups is 5. The maximum absolute atomic E-state index is 12.8. The fourth-order valence-corrected chi connectivity index (χ4v) is 17.0. The van der Waals surface area contributed by atoms with Gasteiger partial charge in [0.05, 0.1) is 29.4 Å². The van der Waals surface area contributed by atoms with Gasteiger partial charge in [0.15, 0.2) is 46.5 Å². The normalized spacial score (nSPS) is 13.2. The topological polar surface area (TPSA) is 263 Å². The van der Waals surface area contributed by atoms with E-state index in [1.807, 2.05) is 140 Å². The first-order valence-corrected chi connectivity index (χ1v) is 44.7. The molecule has 133 heavy (non-hydrogen) atoms. The number of Topliss-reactive ketones (excluding diaryl/α,β-unsaturated/α-hetero) is 2. The van der Waals surface area contributed by atoms with Crippen LogP contribution in [0.5, 0.6) is 17.2 Å². The Balaban J connectivity index is 0.000000160. The summed E-state index contributed by atoms with van der Waals surface area (Å²) in [5, 5.41) is 50.3. The number of hydrogen-bond acceptors (Lipinski definition) is 16. The van der Waals surface area contributed by atoms with Crippen molar-refractivity contribution >= 4 is 73.5 Å². The SMILES string of the molecule is CC(=O)c1cc(C(C)(C)C)cc(-c2cccc3ccccc23)c1O.CC(=O)c1ccccc1SSc1ccccc1C(=O)O.COc1c(C2=NC(c3ccccc3)ON2)cc(C(C)(C)C)cc1-c1ccccc1-c1ccccc1.Cc1c(F)c(F)c(F)c(F)c1C(=O)O.Cc1cc(C)cc(-c2cc(C(C)(C)C)cc(C3N=C(c4ccccc4)NO3)c2O)c1.Cc1ccccc1C(=O)O. The van der Waals surface area contributed by atoms with Crippen molar-refractivity contribution in [2.75, 3.05) is 7.11 Å². The van der Waals surface area contributed by atoms with E-state index in [-0.39, 0.29) is 44.9 Å². The molecule has 2 atom stereocenters. The highest BCUT2D eigenvalue weighted by molar-refractivity contribution is 8.76. The third-order valence-electron chi connectivity index (χ3n) is 21.8. The molecule has 0 aliphatic carbocycles. The van der Waals surface area contributed by atoms with Gasteiger partial charge in [0.1, 0.15) is 22.8 Å². The van der Waals surface area contributed by atoms with Crippen molar-refractivity contribution in [2.24, 2.45) is 9.98 Å². The lowest BCUT2D eigenvalue weighted by Crippen LogP contribution is -2.21. The number of hydroxylamine groups is 2. The van der Waals surface area contributed by atoms with E-state index in [0.29, 0.717) is 44.4 Å². The van der Waals surface area contributed by atoms with Gasteiger partial charge in [-0.05, 0) is 179 Å². The van der Waals surface area contributed by atoms with Crippen molar-refractivity contribution in [1.82, 2.24) is 11.0 Å². The minimum Gasteiger partial charge on any atom is -0.507 e. The minimum absolute atomic E-state index is 0.000203. The van der Waals surface area contributed by atoms with E-state index in [4.69, 9.17) is 39.7 Å². The van der Waals surface area contributed by atoms with Crippen LogP contribution >= 0.6 is 21.6 Å². The van der Waals surface area contributed by atoms with Crippen LogP contribution in [0.3, 0.4) is 0 Å². The van der Waals surface area contributed by atoms with Crippen molar-refractivity contribution in [2.45, 2.75) is 142 Å². The van der Waals surface area contributed by atoms with Crippen LogP contribution in [0.25, 0.3) is 55.3 Å². The van der Waals surface area contributed by atoms with E-state index in [9.17, 15) is 51.7 Å². The van der Waals surface area contributed by atoms with Crippen LogP contribution in [0.4, 0.5) is 17.6 Å². The van der Waals surface area contributed by atoms with Crippen LogP contribution in [0.1, 0.15) is 202 Å². The molecule has 2 aliphatic rings. The molecule has 0 bridgehead atoms. The third-order valence-corrected chi connectivity index (χ3v) is 24.3. The summed E-state index contributed by atoms with van der Waals surface area (Å²) in [6, 6.07) is 92.6. The lowest BCUT2D eigenvalue weighted by molar-refractivity contribution is 0.0362. The Kier molecular flexibility index (Phi) is 32.6. The molecule has 0 fully saturated rings. The van der Waals surface area contributed by atoms with E-state index >= 15 is 0 Å². The number of aliphatic imine (C=N–C) groups is 2. The second-order valence-corrected chi connectivity index (χ2v) is 36.9. The predicted molar refractivity (Wildman–Crippen MR) is 522 cm³/mol. The number of phenols is 2. The number of hydrogen-bond donors (Lipinski definition) is 7.